The van der Waals surface area contributed by atoms with Gasteiger partial charge in [-0.2, -0.15) is 0 Å². The molecule has 0 amide bonds. The fourth-order valence-corrected chi connectivity index (χ4v) is 6.78. The molecule has 17 nitrogen and oxygen atoms in total. The van der Waals surface area contributed by atoms with Crippen LogP contribution in [0.5, 0.6) is 0 Å². The van der Waals surface area contributed by atoms with Crippen LogP contribution in [0, 0.1) is 5.92 Å². The summed E-state index contributed by atoms with van der Waals surface area (Å²) in [6, 6.07) is -2.56. The topological polar surface area (TPSA) is 296 Å². The lowest BCUT2D eigenvalue weighted by molar-refractivity contribution is -0.308. The molecular formula is C29H53N7O10. The van der Waals surface area contributed by atoms with E-state index in [4.69, 9.17) is 47.0 Å². The van der Waals surface area contributed by atoms with Gasteiger partial charge in [0.1, 0.15) is 35.3 Å². The summed E-state index contributed by atoms with van der Waals surface area (Å²) in [7, 11) is 1.58. The highest BCUT2D eigenvalue weighted by Gasteiger charge is 2.54. The Balaban J connectivity index is 1.50. The molecule has 0 aromatic rings. The summed E-state index contributed by atoms with van der Waals surface area (Å²) in [5, 5.41) is 59.6. The normalized spacial score (nSPS) is 42.8. The van der Waals surface area contributed by atoms with Crippen LogP contribution in [0.15, 0.2) is 16.8 Å². The third kappa shape index (κ3) is 8.53. The fourth-order valence-electron chi connectivity index (χ4n) is 6.78. The van der Waals surface area contributed by atoms with Crippen LogP contribution in [-0.2, 0) is 23.7 Å². The number of nitrogens with two attached hydrogens (primary N) is 4. The largest absolute Gasteiger partial charge is 0.467 e. The number of rotatable bonds is 14. The van der Waals surface area contributed by atoms with E-state index in [9.17, 15) is 25.2 Å². The molecule has 15 N–H and O–H groups in total. The lowest BCUT2D eigenvalue weighted by Gasteiger charge is -2.49. The number of ketones is 1. The number of ether oxygens (including phenoxy) is 4. The van der Waals surface area contributed by atoms with Crippen LogP contribution in [0.2, 0.25) is 0 Å². The predicted octanol–water partition coefficient (Wildman–Crippen LogP) is -4.42. The molecule has 1 unspecified atom stereocenters. The molecule has 4 rings (SSSR count). The Morgan fingerprint density at radius 3 is 2.46 bits per heavy atom. The summed E-state index contributed by atoms with van der Waals surface area (Å²) in [6.45, 7) is 2.38. The molecule has 2 heterocycles. The van der Waals surface area contributed by atoms with Crippen LogP contribution < -0.4 is 33.6 Å². The third-order valence-electron chi connectivity index (χ3n) is 9.35. The molecule has 2 saturated carbocycles. The van der Waals surface area contributed by atoms with Crippen molar-refractivity contribution < 1.29 is 49.3 Å². The number of hydrogen-bond acceptors (Lipinski definition) is 15. The summed E-state index contributed by atoms with van der Waals surface area (Å²) in [5.41, 5.74) is 20.7. The van der Waals surface area contributed by atoms with Crippen molar-refractivity contribution in [3.8, 4) is 0 Å². The number of aliphatic imine (C=N–C) groups is 1. The van der Waals surface area contributed by atoms with E-state index in [-0.39, 0.29) is 50.9 Å². The quantitative estimate of drug-likeness (QED) is 0.0476. The molecule has 0 bridgehead atoms. The van der Waals surface area contributed by atoms with E-state index in [0.29, 0.717) is 31.7 Å². The monoisotopic (exact) mass is 659 g/mol. The summed E-state index contributed by atoms with van der Waals surface area (Å²) in [4.78, 5) is 17.4. The number of aliphatic hydroxyl groups excluding tert-OH is 3. The molecule has 0 aromatic heterocycles. The van der Waals surface area contributed by atoms with E-state index < -0.39 is 78.0 Å². The molecular weight excluding hydrogens is 606 g/mol. The van der Waals surface area contributed by atoms with Gasteiger partial charge in [-0.05, 0) is 51.8 Å². The van der Waals surface area contributed by atoms with Crippen LogP contribution in [0.25, 0.3) is 0 Å². The highest BCUT2D eigenvalue weighted by atomic mass is 16.7. The smallest absolute Gasteiger partial charge is 0.215 e. The predicted molar refractivity (Wildman–Crippen MR) is 165 cm³/mol. The first-order valence-corrected chi connectivity index (χ1v) is 15.9. The zero-order valence-electron chi connectivity index (χ0n) is 26.5. The number of aliphatic hydroxyl groups is 5. The Bertz CT molecular complexity index is 1090. The first-order valence-electron chi connectivity index (χ1n) is 15.9. The molecule has 0 radical (unpaired) electrons. The Morgan fingerprint density at radius 2 is 1.80 bits per heavy atom. The average molecular weight is 660 g/mol. The van der Waals surface area contributed by atoms with Gasteiger partial charge in [0, 0.05) is 31.9 Å². The van der Waals surface area contributed by atoms with Gasteiger partial charge in [0.15, 0.2) is 18.0 Å². The Morgan fingerprint density at radius 1 is 1.11 bits per heavy atom. The van der Waals surface area contributed by atoms with E-state index in [2.05, 4.69) is 15.6 Å². The second kappa shape index (κ2) is 15.5. The maximum atomic E-state index is 13.4. The first kappa shape index (κ1) is 36.8. The number of guanidine groups is 1. The van der Waals surface area contributed by atoms with Crippen LogP contribution in [-0.4, -0.2) is 143 Å². The minimum atomic E-state index is -1.65. The lowest BCUT2D eigenvalue weighted by atomic mass is 9.69. The molecule has 264 valence electrons. The van der Waals surface area contributed by atoms with E-state index in [1.54, 1.807) is 7.05 Å². The van der Waals surface area contributed by atoms with E-state index in [1.165, 1.54) is 6.92 Å². The van der Waals surface area contributed by atoms with E-state index in [0.717, 1.165) is 0 Å². The number of likely N-dealkylation sites (N-methyl/N-ethyl adjacent to an activating group) is 1. The van der Waals surface area contributed by atoms with Crippen LogP contribution in [0.1, 0.15) is 45.4 Å². The molecule has 4 aliphatic rings. The van der Waals surface area contributed by atoms with Gasteiger partial charge >= 0.3 is 0 Å². The van der Waals surface area contributed by atoms with Crippen LogP contribution in [0.4, 0.5) is 0 Å². The van der Waals surface area contributed by atoms with Crippen molar-refractivity contribution in [2.24, 2.45) is 33.8 Å². The molecule has 1 saturated heterocycles. The van der Waals surface area contributed by atoms with Crippen LogP contribution in [0.3, 0.4) is 0 Å². The molecule has 3 fully saturated rings. The van der Waals surface area contributed by atoms with Crippen LogP contribution >= 0.6 is 0 Å². The minimum absolute atomic E-state index is 0.0489. The summed E-state index contributed by atoms with van der Waals surface area (Å²) < 4.78 is 24.1. The Hall–Kier alpha value is -2.00. The summed E-state index contributed by atoms with van der Waals surface area (Å²) in [6.07, 6.45) is -4.26. The van der Waals surface area contributed by atoms with Crippen molar-refractivity contribution in [2.45, 2.75) is 118 Å². The Labute approximate surface area is 268 Å². The maximum Gasteiger partial charge on any atom is 0.215 e. The molecule has 2 aliphatic heterocycles. The van der Waals surface area contributed by atoms with Gasteiger partial charge in [0.05, 0.1) is 37.4 Å². The zero-order chi connectivity index (χ0) is 33.8. The van der Waals surface area contributed by atoms with Gasteiger partial charge in [-0.1, -0.05) is 0 Å². The fraction of sp³-hybridized carbons (Fsp3) is 0.862. The van der Waals surface area contributed by atoms with Crippen molar-refractivity contribution >= 4 is 11.7 Å². The standard InChI is InChI=1S/C29H53N7O10/c1-28(41)13-43-26(21(40)24(28)34-2)45-22-14(9-19(38)29(42)10-15(11-29)36-27(32)33)8-18(31)23(20(22)39)46-25-17(30)5-4-16(44-25)12-35-6-3-7-37/h4,14-15,17-18,20-26,34-35,37,39-42H,3,5-13,30-31H2,1-2H3,(H4,32,33,36)/t14-,15?,17+,18-,20+,21+,22-,23?,24+,25+,26+,28-,29?/m0/s1. The second-order valence-corrected chi connectivity index (χ2v) is 13.2. The Kier molecular flexibility index (Phi) is 12.4. The number of nitrogens with one attached hydrogen (secondary N) is 2. The lowest BCUT2D eigenvalue weighted by Crippen LogP contribution is -2.67. The number of carbonyl (C=O) groups is 1. The van der Waals surface area contributed by atoms with Crippen molar-refractivity contribution in [1.29, 1.82) is 0 Å². The highest BCUT2D eigenvalue weighted by molar-refractivity contribution is 5.89. The van der Waals surface area contributed by atoms with E-state index in [1.807, 2.05) is 6.08 Å². The second-order valence-electron chi connectivity index (χ2n) is 13.2. The summed E-state index contributed by atoms with van der Waals surface area (Å²) >= 11 is 0. The van der Waals surface area contributed by atoms with Crippen molar-refractivity contribution in [2.75, 3.05) is 33.4 Å². The maximum absolute atomic E-state index is 13.4. The van der Waals surface area contributed by atoms with Crippen molar-refractivity contribution in [3.05, 3.63) is 11.8 Å². The number of Topliss-reactive ketones (excluding diaryl/α,β-unsaturated/α-hetero) is 1. The molecule has 0 spiro atoms. The number of nitrogens with zero attached hydrogens (tertiary/aromatic N) is 1. The van der Waals surface area contributed by atoms with Gasteiger partial charge in [-0.3, -0.25) is 9.79 Å². The number of hydrogen-bond donors (Lipinski definition) is 11. The third-order valence-corrected chi connectivity index (χ3v) is 9.35. The van der Waals surface area contributed by atoms with Gasteiger partial charge in [-0.25, -0.2) is 0 Å². The van der Waals surface area contributed by atoms with Gasteiger partial charge < -0.3 is 78.0 Å². The van der Waals surface area contributed by atoms with Gasteiger partial charge in [0.25, 0.3) is 0 Å². The molecule has 0 aromatic carbocycles. The molecule has 46 heavy (non-hydrogen) atoms. The molecule has 11 atom stereocenters. The van der Waals surface area contributed by atoms with Crippen molar-refractivity contribution in [3.63, 3.8) is 0 Å². The van der Waals surface area contributed by atoms with Crippen molar-refractivity contribution in [1.82, 2.24) is 10.6 Å². The number of carbonyl (C=O) groups excluding carboxylic acids is 1. The SMILES string of the molecule is CN[C@@H]1[C@@H](O)[C@@H](O[C@H]2[C@H](CC(=O)C3(O)CC(N=C(N)N)C3)C[C@H](N)C(O[C@H]3OC(CNCCCO)=CC[C@H]3N)[C@@H]2O)OC[C@]1(C)O. The minimum Gasteiger partial charge on any atom is -0.467 e. The van der Waals surface area contributed by atoms with E-state index >= 15 is 0 Å². The average Bonchev–Trinajstić information content (AvgIpc) is 2.96. The summed E-state index contributed by atoms with van der Waals surface area (Å²) in [5.74, 6) is -0.722. The zero-order valence-corrected chi connectivity index (χ0v) is 26.5. The molecule has 17 heteroatoms. The van der Waals surface area contributed by atoms with Gasteiger partial charge in [-0.15, -0.1) is 0 Å². The highest BCUT2D eigenvalue weighted by Crippen LogP contribution is 2.41. The molecule has 2 aliphatic carbocycles. The first-order chi connectivity index (χ1) is 21.7. The van der Waals surface area contributed by atoms with Gasteiger partial charge in [0.2, 0.25) is 6.29 Å².